The molecule has 0 spiro atoms. The second-order valence-corrected chi connectivity index (χ2v) is 8.82. The molecule has 4 rings (SSSR count). The SMILES string of the molecule is C#C[C@]1(O)CC[C@@H]2[C@H]3[C@@H](C)CC4=C(CCC(=O)C4)[C@@H]3CC[C@]21C. The molecule has 2 heteroatoms. The molecule has 4 aliphatic rings. The molecule has 0 amide bonds. The van der Waals surface area contributed by atoms with Gasteiger partial charge in [-0.25, -0.2) is 0 Å². The lowest BCUT2D eigenvalue weighted by atomic mass is 9.50. The number of hydrogen-bond donors (Lipinski definition) is 1. The Labute approximate surface area is 139 Å². The van der Waals surface area contributed by atoms with Crippen LogP contribution in [-0.4, -0.2) is 16.5 Å². The van der Waals surface area contributed by atoms with Crippen LogP contribution in [0.5, 0.6) is 0 Å². The molecule has 0 aliphatic heterocycles. The van der Waals surface area contributed by atoms with E-state index in [-0.39, 0.29) is 5.41 Å². The number of hydrogen-bond acceptors (Lipinski definition) is 2. The molecule has 0 aromatic heterocycles. The van der Waals surface area contributed by atoms with Crippen molar-refractivity contribution in [2.75, 3.05) is 0 Å². The number of Topliss-reactive ketones (excluding diaryl/α,β-unsaturated/α-hetero) is 1. The highest BCUT2D eigenvalue weighted by Gasteiger charge is 2.62. The quantitative estimate of drug-likeness (QED) is 0.544. The highest BCUT2D eigenvalue weighted by molar-refractivity contribution is 5.82. The summed E-state index contributed by atoms with van der Waals surface area (Å²) in [6, 6.07) is 0. The highest BCUT2D eigenvalue weighted by atomic mass is 16.3. The number of allylic oxidation sites excluding steroid dienone is 2. The summed E-state index contributed by atoms with van der Waals surface area (Å²) in [5.74, 6) is 5.60. The number of fused-ring (bicyclic) bond motifs is 4. The second kappa shape index (κ2) is 4.96. The molecular weight excluding hydrogens is 284 g/mol. The van der Waals surface area contributed by atoms with E-state index in [4.69, 9.17) is 6.42 Å². The Morgan fingerprint density at radius 1 is 1.26 bits per heavy atom. The molecule has 1 N–H and O–H groups in total. The van der Waals surface area contributed by atoms with Crippen LogP contribution in [0.3, 0.4) is 0 Å². The van der Waals surface area contributed by atoms with Gasteiger partial charge >= 0.3 is 0 Å². The lowest BCUT2D eigenvalue weighted by Crippen LogP contribution is -2.52. The largest absolute Gasteiger partial charge is 0.377 e. The molecule has 124 valence electrons. The fraction of sp³-hybridized carbons (Fsp3) is 0.762. The maximum absolute atomic E-state index is 11.9. The van der Waals surface area contributed by atoms with Gasteiger partial charge < -0.3 is 5.11 Å². The van der Waals surface area contributed by atoms with E-state index in [2.05, 4.69) is 19.8 Å². The fourth-order valence-electron chi connectivity index (χ4n) is 6.72. The maximum atomic E-state index is 11.9. The first-order chi connectivity index (χ1) is 10.9. The average molecular weight is 312 g/mol. The predicted octanol–water partition coefficient (Wildman–Crippen LogP) is 3.88. The smallest absolute Gasteiger partial charge is 0.137 e. The summed E-state index contributed by atoms with van der Waals surface area (Å²) >= 11 is 0. The van der Waals surface area contributed by atoms with Crippen LogP contribution in [0.2, 0.25) is 0 Å². The van der Waals surface area contributed by atoms with Gasteiger partial charge in [0.1, 0.15) is 11.4 Å². The number of carbonyl (C=O) groups is 1. The third-order valence-electron chi connectivity index (χ3n) is 7.93. The Morgan fingerprint density at radius 3 is 2.78 bits per heavy atom. The molecule has 2 nitrogen and oxygen atoms in total. The van der Waals surface area contributed by atoms with Gasteiger partial charge in [0.2, 0.25) is 0 Å². The predicted molar refractivity (Wildman–Crippen MR) is 90.5 cm³/mol. The minimum atomic E-state index is -0.917. The van der Waals surface area contributed by atoms with Crippen molar-refractivity contribution in [3.05, 3.63) is 11.1 Å². The Hall–Kier alpha value is -1.07. The van der Waals surface area contributed by atoms with E-state index in [1.807, 2.05) is 0 Å². The molecule has 2 saturated carbocycles. The summed E-state index contributed by atoms with van der Waals surface area (Å²) in [7, 11) is 0. The van der Waals surface area contributed by atoms with E-state index in [9.17, 15) is 9.90 Å². The Morgan fingerprint density at radius 2 is 2.04 bits per heavy atom. The molecule has 0 aromatic rings. The molecule has 23 heavy (non-hydrogen) atoms. The van der Waals surface area contributed by atoms with Gasteiger partial charge in [-0.05, 0) is 62.2 Å². The maximum Gasteiger partial charge on any atom is 0.137 e. The van der Waals surface area contributed by atoms with Gasteiger partial charge in [-0.15, -0.1) is 6.42 Å². The summed E-state index contributed by atoms with van der Waals surface area (Å²) in [6.07, 6.45) is 13.2. The zero-order valence-corrected chi connectivity index (χ0v) is 14.4. The number of aliphatic hydroxyl groups is 1. The molecular formula is C21H28O2. The van der Waals surface area contributed by atoms with Crippen molar-refractivity contribution in [2.45, 2.75) is 70.8 Å². The van der Waals surface area contributed by atoms with Crippen molar-refractivity contribution in [2.24, 2.45) is 29.1 Å². The molecule has 2 fully saturated rings. The number of rotatable bonds is 0. The standard InChI is InChI=1S/C21H28O2/c1-4-21(23)10-8-18-19-13(2)11-14-12-15(22)5-6-16(14)17(19)7-9-20(18,21)3/h1,13,17-19,23H,5-12H2,2-3H3/t13-,17-,18+,19-,20+,21-/m0/s1. The number of ketones is 1. The summed E-state index contributed by atoms with van der Waals surface area (Å²) in [5, 5.41) is 11.0. The van der Waals surface area contributed by atoms with Crippen molar-refractivity contribution in [1.29, 1.82) is 0 Å². The molecule has 0 aromatic carbocycles. The van der Waals surface area contributed by atoms with Crippen molar-refractivity contribution in [1.82, 2.24) is 0 Å². The Kier molecular flexibility index (Phi) is 3.34. The first-order valence-electron chi connectivity index (χ1n) is 9.32. The van der Waals surface area contributed by atoms with Crippen LogP contribution in [0.15, 0.2) is 11.1 Å². The second-order valence-electron chi connectivity index (χ2n) is 8.82. The van der Waals surface area contributed by atoms with Crippen molar-refractivity contribution >= 4 is 5.78 Å². The van der Waals surface area contributed by atoms with Gasteiger partial charge in [-0.1, -0.05) is 30.9 Å². The van der Waals surface area contributed by atoms with E-state index >= 15 is 0 Å². The summed E-state index contributed by atoms with van der Waals surface area (Å²) in [4.78, 5) is 11.9. The first-order valence-corrected chi connectivity index (χ1v) is 9.32. The minimum absolute atomic E-state index is 0.125. The van der Waals surface area contributed by atoms with Crippen LogP contribution in [0.4, 0.5) is 0 Å². The molecule has 0 unspecified atom stereocenters. The lowest BCUT2D eigenvalue weighted by Gasteiger charge is -2.55. The zero-order chi connectivity index (χ0) is 16.4. The monoisotopic (exact) mass is 312 g/mol. The Balaban J connectivity index is 1.72. The fourth-order valence-corrected chi connectivity index (χ4v) is 6.72. The van der Waals surface area contributed by atoms with E-state index in [0.29, 0.717) is 35.9 Å². The lowest BCUT2D eigenvalue weighted by molar-refractivity contribution is -0.119. The van der Waals surface area contributed by atoms with Gasteiger partial charge in [0, 0.05) is 18.3 Å². The summed E-state index contributed by atoms with van der Waals surface area (Å²) in [6.45, 7) is 4.60. The van der Waals surface area contributed by atoms with E-state index in [0.717, 1.165) is 44.9 Å². The molecule has 0 heterocycles. The van der Waals surface area contributed by atoms with E-state index in [1.165, 1.54) is 5.57 Å². The number of terminal acetylenes is 1. The average Bonchev–Trinajstić information content (AvgIpc) is 2.79. The summed E-state index contributed by atoms with van der Waals surface area (Å²) < 4.78 is 0. The van der Waals surface area contributed by atoms with Crippen LogP contribution >= 0.6 is 0 Å². The third kappa shape index (κ3) is 1.96. The van der Waals surface area contributed by atoms with E-state index in [1.54, 1.807) is 5.57 Å². The minimum Gasteiger partial charge on any atom is -0.377 e. The highest BCUT2D eigenvalue weighted by Crippen LogP contribution is 2.65. The van der Waals surface area contributed by atoms with Crippen molar-refractivity contribution in [3.63, 3.8) is 0 Å². The van der Waals surface area contributed by atoms with Crippen LogP contribution in [-0.2, 0) is 4.79 Å². The molecule has 0 radical (unpaired) electrons. The van der Waals surface area contributed by atoms with Gasteiger partial charge in [0.25, 0.3) is 0 Å². The molecule has 4 aliphatic carbocycles. The zero-order valence-electron chi connectivity index (χ0n) is 14.4. The van der Waals surface area contributed by atoms with Crippen LogP contribution in [0.25, 0.3) is 0 Å². The normalized spacial score (nSPS) is 49.2. The molecule has 0 saturated heterocycles. The molecule has 6 atom stereocenters. The van der Waals surface area contributed by atoms with Crippen LogP contribution in [0, 0.1) is 41.4 Å². The van der Waals surface area contributed by atoms with Crippen molar-refractivity contribution < 1.29 is 9.90 Å². The van der Waals surface area contributed by atoms with Gasteiger partial charge in [0.05, 0.1) is 0 Å². The van der Waals surface area contributed by atoms with Crippen molar-refractivity contribution in [3.8, 4) is 12.3 Å². The van der Waals surface area contributed by atoms with Crippen LogP contribution < -0.4 is 0 Å². The van der Waals surface area contributed by atoms with Gasteiger partial charge in [-0.2, -0.15) is 0 Å². The van der Waals surface area contributed by atoms with Gasteiger partial charge in [-0.3, -0.25) is 4.79 Å². The Bertz CT molecular complexity index is 624. The van der Waals surface area contributed by atoms with E-state index < -0.39 is 5.60 Å². The topological polar surface area (TPSA) is 37.3 Å². The first kappa shape index (κ1) is 15.5. The number of carbonyl (C=O) groups excluding carboxylic acids is 1. The summed E-state index contributed by atoms with van der Waals surface area (Å²) in [5.41, 5.74) is 2.04. The molecule has 0 bridgehead atoms. The van der Waals surface area contributed by atoms with Crippen LogP contribution in [0.1, 0.15) is 65.2 Å². The third-order valence-corrected chi connectivity index (χ3v) is 7.93. The van der Waals surface area contributed by atoms with Gasteiger partial charge in [0.15, 0.2) is 0 Å².